The van der Waals surface area contributed by atoms with Gasteiger partial charge in [-0.05, 0) is 24.3 Å². The van der Waals surface area contributed by atoms with E-state index in [1.54, 1.807) is 12.1 Å². The molecule has 1 amide bonds. The highest BCUT2D eigenvalue weighted by Gasteiger charge is 2.09. The van der Waals surface area contributed by atoms with Crippen molar-refractivity contribution in [3.05, 3.63) is 70.7 Å². The molecule has 1 heterocycles. The van der Waals surface area contributed by atoms with Gasteiger partial charge < -0.3 is 4.42 Å². The SMILES string of the molecule is C=C(NNC(=O)c1ccc([N+](=O)[O-])cc1)c1ccco1. The van der Waals surface area contributed by atoms with Gasteiger partial charge in [-0.3, -0.25) is 25.8 Å². The minimum atomic E-state index is -0.529. The van der Waals surface area contributed by atoms with E-state index < -0.39 is 10.8 Å². The quantitative estimate of drug-likeness (QED) is 0.642. The molecule has 0 bridgehead atoms. The van der Waals surface area contributed by atoms with Crippen LogP contribution < -0.4 is 10.9 Å². The van der Waals surface area contributed by atoms with Crippen LogP contribution in [-0.2, 0) is 0 Å². The number of nitro benzene ring substituents is 1. The lowest BCUT2D eigenvalue weighted by Gasteiger charge is -2.08. The van der Waals surface area contributed by atoms with E-state index in [0.29, 0.717) is 11.5 Å². The zero-order chi connectivity index (χ0) is 14.5. The largest absolute Gasteiger partial charge is 0.463 e. The van der Waals surface area contributed by atoms with Crippen LogP contribution in [0, 0.1) is 10.1 Å². The molecule has 2 N–H and O–H groups in total. The first-order valence-electron chi connectivity index (χ1n) is 5.61. The van der Waals surface area contributed by atoms with Crippen LogP contribution in [0.15, 0.2) is 53.7 Å². The Bertz CT molecular complexity index is 632. The normalized spacial score (nSPS) is 9.80. The Morgan fingerprint density at radius 2 is 1.90 bits per heavy atom. The highest BCUT2D eigenvalue weighted by molar-refractivity contribution is 5.94. The van der Waals surface area contributed by atoms with Crippen molar-refractivity contribution in [2.24, 2.45) is 0 Å². The van der Waals surface area contributed by atoms with Crippen molar-refractivity contribution in [3.8, 4) is 0 Å². The number of non-ortho nitro benzene ring substituents is 1. The van der Waals surface area contributed by atoms with Gasteiger partial charge in [-0.1, -0.05) is 6.58 Å². The van der Waals surface area contributed by atoms with Crippen LogP contribution in [0.4, 0.5) is 5.69 Å². The van der Waals surface area contributed by atoms with E-state index in [0.717, 1.165) is 0 Å². The topological polar surface area (TPSA) is 97.4 Å². The van der Waals surface area contributed by atoms with Gasteiger partial charge in [0.25, 0.3) is 11.6 Å². The molecule has 0 radical (unpaired) electrons. The molecule has 0 aliphatic rings. The Labute approximate surface area is 114 Å². The molecule has 1 aromatic carbocycles. The Hall–Kier alpha value is -3.09. The molecular weight excluding hydrogens is 262 g/mol. The van der Waals surface area contributed by atoms with Gasteiger partial charge in [-0.2, -0.15) is 0 Å². The summed E-state index contributed by atoms with van der Waals surface area (Å²) >= 11 is 0. The number of hydrazine groups is 1. The third-order valence-corrected chi connectivity index (χ3v) is 2.49. The predicted molar refractivity (Wildman–Crippen MR) is 71.4 cm³/mol. The smallest absolute Gasteiger partial charge is 0.269 e. The number of carbonyl (C=O) groups is 1. The molecule has 0 aliphatic heterocycles. The fraction of sp³-hybridized carbons (Fsp3) is 0. The molecule has 1 aromatic heterocycles. The van der Waals surface area contributed by atoms with Crippen molar-refractivity contribution in [2.45, 2.75) is 0 Å². The molecule has 0 spiro atoms. The maximum absolute atomic E-state index is 11.8. The van der Waals surface area contributed by atoms with Gasteiger partial charge in [0.15, 0.2) is 5.76 Å². The molecule has 102 valence electrons. The van der Waals surface area contributed by atoms with Gasteiger partial charge in [-0.25, -0.2) is 0 Å². The number of hydrogen-bond donors (Lipinski definition) is 2. The number of amides is 1. The molecule has 2 rings (SSSR count). The average Bonchev–Trinajstić information content (AvgIpc) is 2.98. The number of nitrogens with zero attached hydrogens (tertiary/aromatic N) is 1. The van der Waals surface area contributed by atoms with Crippen LogP contribution in [0.2, 0.25) is 0 Å². The summed E-state index contributed by atoms with van der Waals surface area (Å²) in [6.07, 6.45) is 1.49. The molecule has 0 aliphatic carbocycles. The Morgan fingerprint density at radius 3 is 2.45 bits per heavy atom. The molecule has 0 fully saturated rings. The lowest BCUT2D eigenvalue weighted by Crippen LogP contribution is -2.35. The minimum Gasteiger partial charge on any atom is -0.463 e. The lowest BCUT2D eigenvalue weighted by molar-refractivity contribution is -0.384. The zero-order valence-electron chi connectivity index (χ0n) is 10.3. The monoisotopic (exact) mass is 273 g/mol. The maximum Gasteiger partial charge on any atom is 0.269 e. The second kappa shape index (κ2) is 5.70. The first kappa shape index (κ1) is 13.3. The van der Waals surface area contributed by atoms with E-state index >= 15 is 0 Å². The fourth-order valence-electron chi connectivity index (χ4n) is 1.45. The highest BCUT2D eigenvalue weighted by Crippen LogP contribution is 2.12. The first-order valence-corrected chi connectivity index (χ1v) is 5.61. The molecule has 7 nitrogen and oxygen atoms in total. The number of nitrogens with one attached hydrogen (secondary N) is 2. The van der Waals surface area contributed by atoms with E-state index in [1.165, 1.54) is 30.5 Å². The summed E-state index contributed by atoms with van der Waals surface area (Å²) in [7, 11) is 0. The van der Waals surface area contributed by atoms with Gasteiger partial charge in [0, 0.05) is 17.7 Å². The Kier molecular flexibility index (Phi) is 3.80. The van der Waals surface area contributed by atoms with Gasteiger partial charge in [0.2, 0.25) is 0 Å². The summed E-state index contributed by atoms with van der Waals surface area (Å²) in [5.41, 5.74) is 5.62. The third-order valence-electron chi connectivity index (χ3n) is 2.49. The highest BCUT2D eigenvalue weighted by atomic mass is 16.6. The van der Waals surface area contributed by atoms with Gasteiger partial charge in [0.05, 0.1) is 16.9 Å². The molecule has 2 aromatic rings. The van der Waals surface area contributed by atoms with Crippen LogP contribution in [0.5, 0.6) is 0 Å². The number of benzene rings is 1. The Balaban J connectivity index is 1.95. The van der Waals surface area contributed by atoms with Crippen molar-refractivity contribution in [2.75, 3.05) is 0 Å². The molecule has 7 heteroatoms. The molecule has 20 heavy (non-hydrogen) atoms. The second-order valence-electron chi connectivity index (χ2n) is 3.84. The first-order chi connectivity index (χ1) is 9.58. The number of rotatable bonds is 5. The van der Waals surface area contributed by atoms with E-state index in [9.17, 15) is 14.9 Å². The maximum atomic E-state index is 11.8. The molecule has 0 saturated carbocycles. The molecule has 0 atom stereocenters. The summed E-state index contributed by atoms with van der Waals surface area (Å²) in [5, 5.41) is 10.5. The van der Waals surface area contributed by atoms with Crippen LogP contribution in [0.1, 0.15) is 16.1 Å². The van der Waals surface area contributed by atoms with Crippen LogP contribution in [-0.4, -0.2) is 10.8 Å². The van der Waals surface area contributed by atoms with E-state index in [-0.39, 0.29) is 11.3 Å². The summed E-state index contributed by atoms with van der Waals surface area (Å²) in [4.78, 5) is 21.8. The van der Waals surface area contributed by atoms with Gasteiger partial charge in [-0.15, -0.1) is 0 Å². The van der Waals surface area contributed by atoms with E-state index in [1.807, 2.05) is 0 Å². The summed E-state index contributed by atoms with van der Waals surface area (Å²) in [5.74, 6) is 0.0570. The minimum absolute atomic E-state index is 0.0745. The van der Waals surface area contributed by atoms with Crippen molar-refractivity contribution in [1.29, 1.82) is 0 Å². The van der Waals surface area contributed by atoms with E-state index in [2.05, 4.69) is 17.4 Å². The molecule has 0 saturated heterocycles. The average molecular weight is 273 g/mol. The van der Waals surface area contributed by atoms with Crippen molar-refractivity contribution in [1.82, 2.24) is 10.9 Å². The second-order valence-corrected chi connectivity index (χ2v) is 3.84. The van der Waals surface area contributed by atoms with Crippen molar-refractivity contribution < 1.29 is 14.1 Å². The lowest BCUT2D eigenvalue weighted by atomic mass is 10.2. The van der Waals surface area contributed by atoms with Gasteiger partial charge >= 0.3 is 0 Å². The van der Waals surface area contributed by atoms with Gasteiger partial charge in [0.1, 0.15) is 0 Å². The van der Waals surface area contributed by atoms with Crippen molar-refractivity contribution in [3.63, 3.8) is 0 Å². The third kappa shape index (κ3) is 3.02. The number of hydrogen-bond acceptors (Lipinski definition) is 5. The fourth-order valence-corrected chi connectivity index (χ4v) is 1.45. The van der Waals surface area contributed by atoms with Crippen LogP contribution in [0.25, 0.3) is 5.70 Å². The Morgan fingerprint density at radius 1 is 1.20 bits per heavy atom. The predicted octanol–water partition coefficient (Wildman–Crippen LogP) is 2.09. The molecular formula is C13H11N3O4. The zero-order valence-corrected chi connectivity index (χ0v) is 10.3. The number of carbonyl (C=O) groups excluding carboxylic acids is 1. The number of furan rings is 1. The van der Waals surface area contributed by atoms with Crippen LogP contribution in [0.3, 0.4) is 0 Å². The van der Waals surface area contributed by atoms with E-state index in [4.69, 9.17) is 4.42 Å². The van der Waals surface area contributed by atoms with Crippen LogP contribution >= 0.6 is 0 Å². The number of nitro groups is 1. The summed E-state index contributed by atoms with van der Waals surface area (Å²) in [6, 6.07) is 8.63. The summed E-state index contributed by atoms with van der Waals surface area (Å²) in [6.45, 7) is 3.69. The molecule has 0 unspecified atom stereocenters. The summed E-state index contributed by atoms with van der Waals surface area (Å²) < 4.78 is 5.09. The van der Waals surface area contributed by atoms with Crippen molar-refractivity contribution >= 4 is 17.3 Å². The standard InChI is InChI=1S/C13H11N3O4/c1-9(12-3-2-8-20-12)14-15-13(17)10-4-6-11(7-5-10)16(18)19/h2-8,14H,1H2,(H,15,17).